The molecule has 8 nitrogen and oxygen atoms in total. The SMILES string of the molecule is CC(C)NCc1cc(S(=O)(=O)NCCc2ncno2)c[nH]1. The lowest BCUT2D eigenvalue weighted by Crippen LogP contribution is -2.25. The van der Waals surface area contributed by atoms with Crippen LogP contribution in [0.2, 0.25) is 0 Å². The number of nitrogens with one attached hydrogen (secondary N) is 3. The average molecular weight is 313 g/mol. The van der Waals surface area contributed by atoms with Gasteiger partial charge in [0.05, 0.1) is 4.90 Å². The molecule has 2 rings (SSSR count). The highest BCUT2D eigenvalue weighted by Crippen LogP contribution is 2.10. The third-order valence-corrected chi connectivity index (χ3v) is 4.21. The van der Waals surface area contributed by atoms with Gasteiger partial charge in [-0.2, -0.15) is 4.98 Å². The van der Waals surface area contributed by atoms with E-state index in [-0.39, 0.29) is 11.4 Å². The van der Waals surface area contributed by atoms with E-state index >= 15 is 0 Å². The first kappa shape index (κ1) is 15.7. The molecule has 2 aromatic rings. The molecule has 3 N–H and O–H groups in total. The number of H-pyrrole nitrogens is 1. The highest BCUT2D eigenvalue weighted by atomic mass is 32.2. The van der Waals surface area contributed by atoms with E-state index in [0.29, 0.717) is 24.9 Å². The van der Waals surface area contributed by atoms with Gasteiger partial charge in [0.15, 0.2) is 6.33 Å². The summed E-state index contributed by atoms with van der Waals surface area (Å²) in [5, 5.41) is 6.67. The van der Waals surface area contributed by atoms with Crippen LogP contribution in [0, 0.1) is 0 Å². The van der Waals surface area contributed by atoms with Gasteiger partial charge < -0.3 is 14.8 Å². The maximum atomic E-state index is 12.1. The average Bonchev–Trinajstić information content (AvgIpc) is 3.07. The van der Waals surface area contributed by atoms with Crippen LogP contribution in [0.15, 0.2) is 28.0 Å². The quantitative estimate of drug-likeness (QED) is 0.651. The molecule has 0 aliphatic carbocycles. The minimum Gasteiger partial charge on any atom is -0.363 e. The summed E-state index contributed by atoms with van der Waals surface area (Å²) in [4.78, 5) is 6.99. The third kappa shape index (κ3) is 4.66. The molecule has 0 aliphatic heterocycles. The van der Waals surface area contributed by atoms with E-state index in [9.17, 15) is 8.42 Å². The Hall–Kier alpha value is -1.71. The molecule has 0 atom stereocenters. The van der Waals surface area contributed by atoms with E-state index in [0.717, 1.165) is 5.69 Å². The van der Waals surface area contributed by atoms with Crippen molar-refractivity contribution < 1.29 is 12.9 Å². The summed E-state index contributed by atoms with van der Waals surface area (Å²) in [6.07, 6.45) is 3.11. The molecule has 0 saturated carbocycles. The van der Waals surface area contributed by atoms with E-state index in [1.54, 1.807) is 6.07 Å². The number of aromatic nitrogens is 3. The minimum atomic E-state index is -3.53. The van der Waals surface area contributed by atoms with Gasteiger partial charge in [0, 0.05) is 37.4 Å². The number of sulfonamides is 1. The van der Waals surface area contributed by atoms with Crippen LogP contribution in [0.25, 0.3) is 0 Å². The Morgan fingerprint density at radius 2 is 2.24 bits per heavy atom. The Kier molecular flexibility index (Phi) is 5.10. The molecule has 2 heterocycles. The van der Waals surface area contributed by atoms with Crippen molar-refractivity contribution in [1.82, 2.24) is 25.2 Å². The molecule has 0 amide bonds. The Labute approximate surface area is 123 Å². The smallest absolute Gasteiger partial charge is 0.242 e. The second-order valence-electron chi connectivity index (χ2n) is 4.88. The maximum Gasteiger partial charge on any atom is 0.242 e. The zero-order valence-electron chi connectivity index (χ0n) is 12.0. The predicted octanol–water partition coefficient (Wildman–Crippen LogP) is 0.417. The van der Waals surface area contributed by atoms with Crippen molar-refractivity contribution in [2.75, 3.05) is 6.54 Å². The third-order valence-electron chi connectivity index (χ3n) is 2.77. The van der Waals surface area contributed by atoms with Gasteiger partial charge in [-0.25, -0.2) is 13.1 Å². The topological polar surface area (TPSA) is 113 Å². The van der Waals surface area contributed by atoms with E-state index in [1.165, 1.54) is 12.5 Å². The monoisotopic (exact) mass is 313 g/mol. The molecular weight excluding hydrogens is 294 g/mol. The summed E-state index contributed by atoms with van der Waals surface area (Å²) in [6.45, 7) is 4.85. The molecule has 0 spiro atoms. The lowest BCUT2D eigenvalue weighted by Gasteiger charge is -2.05. The maximum absolute atomic E-state index is 12.1. The second kappa shape index (κ2) is 6.83. The van der Waals surface area contributed by atoms with Crippen molar-refractivity contribution in [3.05, 3.63) is 30.2 Å². The van der Waals surface area contributed by atoms with Crippen molar-refractivity contribution in [1.29, 1.82) is 0 Å². The first-order valence-corrected chi connectivity index (χ1v) is 8.11. The van der Waals surface area contributed by atoms with Crippen molar-refractivity contribution in [2.24, 2.45) is 0 Å². The molecule has 21 heavy (non-hydrogen) atoms. The molecule has 0 bridgehead atoms. The zero-order valence-corrected chi connectivity index (χ0v) is 12.8. The van der Waals surface area contributed by atoms with Crippen molar-refractivity contribution >= 4 is 10.0 Å². The Balaban J connectivity index is 1.89. The summed E-state index contributed by atoms with van der Waals surface area (Å²) in [6, 6.07) is 1.95. The molecular formula is C12H19N5O3S. The van der Waals surface area contributed by atoms with Gasteiger partial charge in [-0.15, -0.1) is 0 Å². The van der Waals surface area contributed by atoms with Crippen LogP contribution >= 0.6 is 0 Å². The van der Waals surface area contributed by atoms with E-state index < -0.39 is 10.0 Å². The predicted molar refractivity (Wildman–Crippen MR) is 76.0 cm³/mol. The number of aromatic amines is 1. The largest absolute Gasteiger partial charge is 0.363 e. The first-order valence-electron chi connectivity index (χ1n) is 6.63. The van der Waals surface area contributed by atoms with Gasteiger partial charge in [-0.05, 0) is 6.07 Å². The van der Waals surface area contributed by atoms with Crippen LogP contribution in [-0.2, 0) is 23.0 Å². The zero-order chi connectivity index (χ0) is 15.3. The lowest BCUT2D eigenvalue weighted by atomic mass is 10.3. The minimum absolute atomic E-state index is 0.204. The number of rotatable bonds is 8. The van der Waals surface area contributed by atoms with Crippen LogP contribution in [0.5, 0.6) is 0 Å². The number of hydrogen-bond donors (Lipinski definition) is 3. The summed E-state index contributed by atoms with van der Waals surface area (Å²) in [5.74, 6) is 0.397. The van der Waals surface area contributed by atoms with Gasteiger partial charge >= 0.3 is 0 Å². The van der Waals surface area contributed by atoms with Gasteiger partial charge in [0.2, 0.25) is 15.9 Å². The van der Waals surface area contributed by atoms with Gasteiger partial charge in [-0.1, -0.05) is 19.0 Å². The summed E-state index contributed by atoms with van der Waals surface area (Å²) >= 11 is 0. The summed E-state index contributed by atoms with van der Waals surface area (Å²) < 4.78 is 31.5. The lowest BCUT2D eigenvalue weighted by molar-refractivity contribution is 0.377. The Bertz CT molecular complexity index is 648. The molecule has 0 aliphatic rings. The fourth-order valence-corrected chi connectivity index (χ4v) is 2.72. The first-order chi connectivity index (χ1) is 9.97. The van der Waals surface area contributed by atoms with Crippen LogP contribution < -0.4 is 10.0 Å². The van der Waals surface area contributed by atoms with Crippen molar-refractivity contribution in [2.45, 2.75) is 37.8 Å². The summed E-state index contributed by atoms with van der Waals surface area (Å²) in [7, 11) is -3.53. The Morgan fingerprint density at radius 1 is 1.43 bits per heavy atom. The molecule has 2 aromatic heterocycles. The standard InChI is InChI=1S/C12H19N5O3S/c1-9(2)13-6-10-5-11(7-14-10)21(18,19)17-4-3-12-15-8-16-20-12/h5,7-9,13-14,17H,3-4,6H2,1-2H3. The molecule has 0 aromatic carbocycles. The second-order valence-corrected chi connectivity index (χ2v) is 6.65. The molecule has 0 unspecified atom stereocenters. The number of nitrogens with zero attached hydrogens (tertiary/aromatic N) is 2. The number of hydrogen-bond acceptors (Lipinski definition) is 6. The molecule has 0 saturated heterocycles. The molecule has 0 fully saturated rings. The van der Waals surface area contributed by atoms with Gasteiger partial charge in [-0.3, -0.25) is 0 Å². The highest BCUT2D eigenvalue weighted by Gasteiger charge is 2.16. The van der Waals surface area contributed by atoms with Gasteiger partial charge in [0.25, 0.3) is 0 Å². The van der Waals surface area contributed by atoms with Crippen molar-refractivity contribution in [3.63, 3.8) is 0 Å². The highest BCUT2D eigenvalue weighted by molar-refractivity contribution is 7.89. The molecule has 116 valence electrons. The van der Waals surface area contributed by atoms with E-state index in [2.05, 4.69) is 25.2 Å². The van der Waals surface area contributed by atoms with Crippen LogP contribution in [0.4, 0.5) is 0 Å². The fourth-order valence-electron chi connectivity index (χ4n) is 1.67. The van der Waals surface area contributed by atoms with Crippen LogP contribution in [0.3, 0.4) is 0 Å². The van der Waals surface area contributed by atoms with Crippen LogP contribution in [-0.4, -0.2) is 36.1 Å². The van der Waals surface area contributed by atoms with Crippen molar-refractivity contribution in [3.8, 4) is 0 Å². The fraction of sp³-hybridized carbons (Fsp3) is 0.500. The van der Waals surface area contributed by atoms with Gasteiger partial charge in [0.1, 0.15) is 0 Å². The molecule has 0 radical (unpaired) electrons. The summed E-state index contributed by atoms with van der Waals surface area (Å²) in [5.41, 5.74) is 0.820. The van der Waals surface area contributed by atoms with E-state index in [4.69, 9.17) is 4.52 Å². The molecule has 9 heteroatoms. The van der Waals surface area contributed by atoms with E-state index in [1.807, 2.05) is 13.8 Å². The Morgan fingerprint density at radius 3 is 2.90 bits per heavy atom. The normalized spacial score (nSPS) is 12.1. The van der Waals surface area contributed by atoms with Crippen LogP contribution in [0.1, 0.15) is 25.4 Å².